The molecule has 0 aliphatic rings. The molecule has 0 heterocycles. The molecule has 0 amide bonds. The fourth-order valence-electron chi connectivity index (χ4n) is 1.72. The van der Waals surface area contributed by atoms with Crippen LogP contribution in [0, 0.1) is 0 Å². The molecule has 0 atom stereocenters. The molecule has 2 aromatic carbocycles. The van der Waals surface area contributed by atoms with E-state index in [-0.39, 0.29) is 24.1 Å². The number of esters is 2. The second-order valence-corrected chi connectivity index (χ2v) is 3.78. The molecule has 100 valence electrons. The number of rotatable bonds is 4. The summed E-state index contributed by atoms with van der Waals surface area (Å²) in [6.45, 7) is 0.121. The first kappa shape index (κ1) is 13.4. The highest BCUT2D eigenvalue weighted by Crippen LogP contribution is 2.19. The van der Waals surface area contributed by atoms with Crippen molar-refractivity contribution in [2.45, 2.75) is 0 Å². The van der Waals surface area contributed by atoms with Crippen LogP contribution in [-0.4, -0.2) is 24.9 Å². The molecule has 0 radical (unpaired) electrons. The van der Waals surface area contributed by atoms with Crippen molar-refractivity contribution in [1.29, 1.82) is 0 Å². The van der Waals surface area contributed by atoms with Crippen molar-refractivity contribution in [2.75, 3.05) is 0 Å². The Morgan fingerprint density at radius 1 is 0.750 bits per heavy atom. The number of benzene rings is 2. The van der Waals surface area contributed by atoms with Crippen molar-refractivity contribution in [3.05, 3.63) is 47.5 Å². The Kier molecular flexibility index (Phi) is 3.85. The molecule has 0 unspecified atom stereocenters. The molecule has 20 heavy (non-hydrogen) atoms. The van der Waals surface area contributed by atoms with E-state index in [9.17, 15) is 19.2 Å². The van der Waals surface area contributed by atoms with Crippen LogP contribution in [0.3, 0.4) is 0 Å². The van der Waals surface area contributed by atoms with E-state index in [2.05, 4.69) is 9.47 Å². The van der Waals surface area contributed by atoms with Crippen LogP contribution in [-0.2, 0) is 19.1 Å². The monoisotopic (exact) mass is 272 g/mol. The van der Waals surface area contributed by atoms with E-state index in [1.165, 1.54) is 24.3 Å². The van der Waals surface area contributed by atoms with Gasteiger partial charge in [-0.3, -0.25) is 9.59 Å². The standard InChI is InChI=1S/C14H8O6/c15-7-19-13(17)11-3-1-9-5-12(14(18)20-8-16)4-2-10(9)6-11/h1-8H. The van der Waals surface area contributed by atoms with Gasteiger partial charge in [0, 0.05) is 0 Å². The van der Waals surface area contributed by atoms with Gasteiger partial charge in [0.15, 0.2) is 0 Å². The van der Waals surface area contributed by atoms with Gasteiger partial charge in [0.2, 0.25) is 0 Å². The molecule has 0 aliphatic carbocycles. The van der Waals surface area contributed by atoms with Gasteiger partial charge in [-0.1, -0.05) is 12.1 Å². The average molecular weight is 272 g/mol. The predicted molar refractivity (Wildman–Crippen MR) is 66.9 cm³/mol. The second kappa shape index (κ2) is 5.75. The molecular formula is C14H8O6. The molecule has 0 N–H and O–H groups in total. The Hall–Kier alpha value is -3.02. The lowest BCUT2D eigenvalue weighted by Gasteiger charge is -2.03. The summed E-state index contributed by atoms with van der Waals surface area (Å²) in [5.41, 5.74) is 0.431. The maximum atomic E-state index is 11.4. The Labute approximate surface area is 112 Å². The van der Waals surface area contributed by atoms with Gasteiger partial charge < -0.3 is 9.47 Å². The largest absolute Gasteiger partial charge is 0.392 e. The lowest BCUT2D eigenvalue weighted by Crippen LogP contribution is -2.04. The van der Waals surface area contributed by atoms with Gasteiger partial charge in [0.05, 0.1) is 11.1 Å². The smallest absolute Gasteiger partial charge is 0.345 e. The molecule has 2 aromatic rings. The minimum Gasteiger partial charge on any atom is -0.392 e. The third-order valence-electron chi connectivity index (χ3n) is 2.62. The van der Waals surface area contributed by atoms with Crippen molar-refractivity contribution in [2.24, 2.45) is 0 Å². The first-order chi connectivity index (χ1) is 9.65. The van der Waals surface area contributed by atoms with Crippen molar-refractivity contribution >= 4 is 35.7 Å². The normalized spacial score (nSPS) is 9.80. The molecule has 0 saturated carbocycles. The first-order valence-corrected chi connectivity index (χ1v) is 5.49. The number of carbonyl (C=O) groups is 4. The highest BCUT2D eigenvalue weighted by molar-refractivity contribution is 6.00. The quantitative estimate of drug-likeness (QED) is 0.476. The minimum absolute atomic E-state index is 0.0606. The topological polar surface area (TPSA) is 86.7 Å². The van der Waals surface area contributed by atoms with Gasteiger partial charge in [-0.2, -0.15) is 0 Å². The SMILES string of the molecule is O=COC(=O)c1ccc2cc(C(=O)OC=O)ccc2c1. The Bertz CT molecular complexity index is 643. The van der Waals surface area contributed by atoms with Crippen molar-refractivity contribution in [3.8, 4) is 0 Å². The van der Waals surface area contributed by atoms with E-state index in [0.29, 0.717) is 10.8 Å². The van der Waals surface area contributed by atoms with Crippen molar-refractivity contribution < 1.29 is 28.7 Å². The maximum absolute atomic E-state index is 11.4. The van der Waals surface area contributed by atoms with E-state index >= 15 is 0 Å². The molecule has 6 heteroatoms. The summed E-state index contributed by atoms with van der Waals surface area (Å²) in [4.78, 5) is 43.0. The van der Waals surface area contributed by atoms with Gasteiger partial charge in [-0.25, -0.2) is 9.59 Å². The molecule has 6 nitrogen and oxygen atoms in total. The molecule has 2 rings (SSSR count). The van der Waals surface area contributed by atoms with Crippen LogP contribution in [0.1, 0.15) is 20.7 Å². The summed E-state index contributed by atoms with van der Waals surface area (Å²) in [6, 6.07) is 9.15. The summed E-state index contributed by atoms with van der Waals surface area (Å²) in [5, 5.41) is 1.35. The summed E-state index contributed by atoms with van der Waals surface area (Å²) in [7, 11) is 0. The number of fused-ring (bicyclic) bond motifs is 1. The summed E-state index contributed by atoms with van der Waals surface area (Å²) >= 11 is 0. The lowest BCUT2D eigenvalue weighted by molar-refractivity contribution is -0.124. The molecule has 0 bridgehead atoms. The van der Waals surface area contributed by atoms with Crippen LogP contribution in [0.15, 0.2) is 36.4 Å². The van der Waals surface area contributed by atoms with Crippen LogP contribution >= 0.6 is 0 Å². The predicted octanol–water partition coefficient (Wildman–Crippen LogP) is 1.47. The molecule has 0 aromatic heterocycles. The van der Waals surface area contributed by atoms with Gasteiger partial charge in [-0.15, -0.1) is 0 Å². The first-order valence-electron chi connectivity index (χ1n) is 5.49. The zero-order valence-corrected chi connectivity index (χ0v) is 10.1. The van der Waals surface area contributed by atoms with E-state index in [4.69, 9.17) is 0 Å². The van der Waals surface area contributed by atoms with Gasteiger partial charge in [-0.05, 0) is 35.0 Å². The number of hydrogen-bond acceptors (Lipinski definition) is 6. The fourth-order valence-corrected chi connectivity index (χ4v) is 1.72. The van der Waals surface area contributed by atoms with E-state index < -0.39 is 11.9 Å². The maximum Gasteiger partial charge on any atom is 0.345 e. The Morgan fingerprint density at radius 3 is 1.50 bits per heavy atom. The van der Waals surface area contributed by atoms with Gasteiger partial charge in [0.25, 0.3) is 0 Å². The number of ether oxygens (including phenoxy) is 2. The highest BCUT2D eigenvalue weighted by atomic mass is 16.6. The van der Waals surface area contributed by atoms with Crippen LogP contribution in [0.5, 0.6) is 0 Å². The van der Waals surface area contributed by atoms with Crippen LogP contribution in [0.25, 0.3) is 10.8 Å². The zero-order chi connectivity index (χ0) is 14.5. The lowest BCUT2D eigenvalue weighted by atomic mass is 10.0. The van der Waals surface area contributed by atoms with Crippen LogP contribution < -0.4 is 0 Å². The summed E-state index contributed by atoms with van der Waals surface area (Å²) in [5.74, 6) is -1.52. The number of carbonyl (C=O) groups excluding carboxylic acids is 4. The molecule has 0 aliphatic heterocycles. The minimum atomic E-state index is -0.758. The van der Waals surface area contributed by atoms with E-state index in [1.807, 2.05) is 0 Å². The van der Waals surface area contributed by atoms with Crippen LogP contribution in [0.2, 0.25) is 0 Å². The summed E-state index contributed by atoms with van der Waals surface area (Å²) < 4.78 is 8.48. The van der Waals surface area contributed by atoms with Crippen molar-refractivity contribution in [3.63, 3.8) is 0 Å². The third kappa shape index (κ3) is 2.69. The van der Waals surface area contributed by atoms with E-state index in [0.717, 1.165) is 0 Å². The van der Waals surface area contributed by atoms with E-state index in [1.54, 1.807) is 12.1 Å². The zero-order valence-electron chi connectivity index (χ0n) is 10.1. The van der Waals surface area contributed by atoms with Gasteiger partial charge in [0.1, 0.15) is 0 Å². The second-order valence-electron chi connectivity index (χ2n) is 3.78. The molecule has 0 spiro atoms. The third-order valence-corrected chi connectivity index (χ3v) is 2.62. The Morgan fingerprint density at radius 2 is 1.15 bits per heavy atom. The summed E-state index contributed by atoms with van der Waals surface area (Å²) in [6.07, 6.45) is 0. The van der Waals surface area contributed by atoms with Gasteiger partial charge >= 0.3 is 24.9 Å². The molecular weight excluding hydrogens is 264 g/mol. The highest BCUT2D eigenvalue weighted by Gasteiger charge is 2.10. The van der Waals surface area contributed by atoms with Crippen molar-refractivity contribution in [1.82, 2.24) is 0 Å². The molecule has 0 saturated heterocycles. The fraction of sp³-hybridized carbons (Fsp3) is 0. The number of hydrogen-bond donors (Lipinski definition) is 0. The Balaban J connectivity index is 2.39. The molecule has 0 fully saturated rings. The average Bonchev–Trinajstić information content (AvgIpc) is 2.46. The van der Waals surface area contributed by atoms with Crippen LogP contribution in [0.4, 0.5) is 0 Å².